The van der Waals surface area contributed by atoms with Crippen LogP contribution in [0.4, 0.5) is 5.69 Å². The highest BCUT2D eigenvalue weighted by Gasteiger charge is 2.20. The predicted molar refractivity (Wildman–Crippen MR) is 108 cm³/mol. The Hall–Kier alpha value is -1.68. The average molecular weight is 417 g/mol. The fourth-order valence-electron chi connectivity index (χ4n) is 2.31. The predicted octanol–water partition coefficient (Wildman–Crippen LogP) is 2.71. The van der Waals surface area contributed by atoms with Gasteiger partial charge in [-0.05, 0) is 58.7 Å². The Morgan fingerprint density at radius 1 is 1.04 bits per heavy atom. The lowest BCUT2D eigenvalue weighted by atomic mass is 10.2. The van der Waals surface area contributed by atoms with Gasteiger partial charge in [0, 0.05) is 26.3 Å². The molecule has 0 amide bonds. The molecule has 160 valence electrons. The first-order chi connectivity index (χ1) is 13.1. The van der Waals surface area contributed by atoms with Crippen molar-refractivity contribution in [1.82, 2.24) is 4.72 Å². The molecule has 9 heteroatoms. The molecule has 1 aromatic carbocycles. The van der Waals surface area contributed by atoms with Gasteiger partial charge in [-0.15, -0.1) is 0 Å². The van der Waals surface area contributed by atoms with E-state index in [2.05, 4.69) is 10.0 Å². The summed E-state index contributed by atoms with van der Waals surface area (Å²) in [5.41, 5.74) is 0.276. The van der Waals surface area contributed by atoms with Gasteiger partial charge in [0.15, 0.2) is 0 Å². The molecule has 3 N–H and O–H groups in total. The van der Waals surface area contributed by atoms with Gasteiger partial charge in [0.25, 0.3) is 0 Å². The Morgan fingerprint density at radius 2 is 1.61 bits per heavy atom. The summed E-state index contributed by atoms with van der Waals surface area (Å²) in [6.07, 6.45) is 1.43. The van der Waals surface area contributed by atoms with Gasteiger partial charge < -0.3 is 19.9 Å². The maximum absolute atomic E-state index is 12.7. The molecule has 8 nitrogen and oxygen atoms in total. The molecule has 0 spiro atoms. The van der Waals surface area contributed by atoms with Crippen molar-refractivity contribution < 1.29 is 27.8 Å². The van der Waals surface area contributed by atoms with Crippen LogP contribution in [0, 0.1) is 0 Å². The Labute approximate surface area is 167 Å². The van der Waals surface area contributed by atoms with Crippen LogP contribution in [0.15, 0.2) is 23.1 Å². The molecule has 0 aliphatic rings. The second-order valence-corrected chi connectivity index (χ2v) is 8.62. The highest BCUT2D eigenvalue weighted by molar-refractivity contribution is 7.89. The fraction of sp³-hybridized carbons (Fsp3) is 0.632. The number of aromatic carboxylic acids is 1. The number of benzene rings is 1. The third-order valence-corrected chi connectivity index (χ3v) is 5.17. The van der Waals surface area contributed by atoms with Crippen molar-refractivity contribution in [2.45, 2.75) is 57.6 Å². The lowest BCUT2D eigenvalue weighted by Gasteiger charge is -2.15. The summed E-state index contributed by atoms with van der Waals surface area (Å²) in [6.45, 7) is 9.40. The maximum Gasteiger partial charge on any atom is 0.335 e. The molecule has 0 aromatic heterocycles. The third kappa shape index (κ3) is 9.01. The SMILES string of the molecule is CC(C)OCCCNc1ccc(C(=O)O)cc1S(=O)(=O)NCCCOC(C)C. The largest absolute Gasteiger partial charge is 0.478 e. The quantitative estimate of drug-likeness (QED) is 0.400. The number of carbonyl (C=O) groups is 1. The van der Waals surface area contributed by atoms with E-state index in [9.17, 15) is 18.3 Å². The summed E-state index contributed by atoms with van der Waals surface area (Å²) in [5, 5.41) is 12.3. The lowest BCUT2D eigenvalue weighted by molar-refractivity contribution is 0.0696. The Bertz CT molecular complexity index is 719. The van der Waals surface area contributed by atoms with Crippen molar-refractivity contribution in [3.8, 4) is 0 Å². The molecular formula is C19H32N2O6S. The standard InChI is InChI=1S/C19H32N2O6S/c1-14(2)26-11-5-9-20-17-8-7-16(19(22)23)13-18(17)28(24,25)21-10-6-12-27-15(3)4/h7-8,13-15,20-21H,5-6,9-12H2,1-4H3,(H,22,23). The highest BCUT2D eigenvalue weighted by atomic mass is 32.2. The molecule has 0 saturated carbocycles. The van der Waals surface area contributed by atoms with Crippen LogP contribution >= 0.6 is 0 Å². The van der Waals surface area contributed by atoms with E-state index < -0.39 is 16.0 Å². The molecule has 0 aliphatic heterocycles. The van der Waals surface area contributed by atoms with E-state index >= 15 is 0 Å². The van der Waals surface area contributed by atoms with Crippen LogP contribution < -0.4 is 10.0 Å². The molecule has 0 heterocycles. The zero-order valence-corrected chi connectivity index (χ0v) is 17.8. The van der Waals surface area contributed by atoms with Crippen LogP contribution in [0.3, 0.4) is 0 Å². The minimum atomic E-state index is -3.87. The van der Waals surface area contributed by atoms with Gasteiger partial charge in [0.2, 0.25) is 10.0 Å². The first kappa shape index (κ1) is 24.4. The second kappa shape index (κ2) is 12.0. The van der Waals surface area contributed by atoms with Gasteiger partial charge in [-0.1, -0.05) is 0 Å². The van der Waals surface area contributed by atoms with E-state index in [4.69, 9.17) is 9.47 Å². The number of carboxylic acid groups (broad SMARTS) is 1. The number of hydrogen-bond acceptors (Lipinski definition) is 6. The first-order valence-corrected chi connectivity index (χ1v) is 11.0. The zero-order chi connectivity index (χ0) is 21.2. The number of carboxylic acids is 1. The van der Waals surface area contributed by atoms with Crippen molar-refractivity contribution in [2.75, 3.05) is 31.6 Å². The normalized spacial score (nSPS) is 11.9. The number of ether oxygens (including phenoxy) is 2. The summed E-state index contributed by atoms with van der Waals surface area (Å²) in [7, 11) is -3.87. The molecule has 0 radical (unpaired) electrons. The zero-order valence-electron chi connectivity index (χ0n) is 17.0. The van der Waals surface area contributed by atoms with Gasteiger partial charge in [-0.3, -0.25) is 0 Å². The van der Waals surface area contributed by atoms with Gasteiger partial charge in [-0.25, -0.2) is 17.9 Å². The fourth-order valence-corrected chi connectivity index (χ4v) is 3.59. The molecule has 1 aromatic rings. The van der Waals surface area contributed by atoms with E-state index in [0.29, 0.717) is 38.3 Å². The van der Waals surface area contributed by atoms with Crippen LogP contribution in [-0.2, 0) is 19.5 Å². The van der Waals surface area contributed by atoms with Crippen LogP contribution in [-0.4, -0.2) is 58.0 Å². The van der Waals surface area contributed by atoms with E-state index in [1.165, 1.54) is 18.2 Å². The van der Waals surface area contributed by atoms with Crippen LogP contribution in [0.5, 0.6) is 0 Å². The van der Waals surface area contributed by atoms with Gasteiger partial charge >= 0.3 is 5.97 Å². The van der Waals surface area contributed by atoms with Gasteiger partial charge in [-0.2, -0.15) is 0 Å². The molecule has 0 bridgehead atoms. The van der Waals surface area contributed by atoms with Gasteiger partial charge in [0.1, 0.15) is 4.90 Å². The molecular weight excluding hydrogens is 384 g/mol. The molecule has 0 atom stereocenters. The van der Waals surface area contributed by atoms with Gasteiger partial charge in [0.05, 0.1) is 23.5 Å². The number of sulfonamides is 1. The Balaban J connectivity index is 2.80. The summed E-state index contributed by atoms with van der Waals surface area (Å²) >= 11 is 0. The first-order valence-electron chi connectivity index (χ1n) is 9.47. The summed E-state index contributed by atoms with van der Waals surface area (Å²) in [6, 6.07) is 4.02. The minimum absolute atomic E-state index is 0.0815. The molecule has 0 fully saturated rings. The van der Waals surface area contributed by atoms with Crippen LogP contribution in [0.2, 0.25) is 0 Å². The van der Waals surface area contributed by atoms with Crippen molar-refractivity contribution in [3.63, 3.8) is 0 Å². The third-order valence-electron chi connectivity index (χ3n) is 3.67. The summed E-state index contributed by atoms with van der Waals surface area (Å²) in [4.78, 5) is 11.2. The molecule has 1 rings (SSSR count). The smallest absolute Gasteiger partial charge is 0.335 e. The van der Waals surface area contributed by atoms with Crippen LogP contribution in [0.25, 0.3) is 0 Å². The second-order valence-electron chi connectivity index (χ2n) is 6.89. The molecule has 0 unspecified atom stereocenters. The van der Waals surface area contributed by atoms with E-state index in [1.54, 1.807) is 0 Å². The average Bonchev–Trinajstić information content (AvgIpc) is 2.60. The minimum Gasteiger partial charge on any atom is -0.478 e. The lowest BCUT2D eigenvalue weighted by Crippen LogP contribution is -2.27. The molecule has 28 heavy (non-hydrogen) atoms. The Kier molecular flexibility index (Phi) is 10.4. The summed E-state index contributed by atoms with van der Waals surface area (Å²) in [5.74, 6) is -1.18. The van der Waals surface area contributed by atoms with E-state index in [0.717, 1.165) is 0 Å². The van der Waals surface area contributed by atoms with Crippen molar-refractivity contribution in [3.05, 3.63) is 23.8 Å². The number of nitrogens with one attached hydrogen (secondary N) is 2. The topological polar surface area (TPSA) is 114 Å². The molecule has 0 aliphatic carbocycles. The summed E-state index contributed by atoms with van der Waals surface area (Å²) < 4.78 is 38.7. The van der Waals surface area contributed by atoms with E-state index in [1.807, 2.05) is 27.7 Å². The van der Waals surface area contributed by atoms with E-state index in [-0.39, 0.29) is 29.2 Å². The maximum atomic E-state index is 12.7. The van der Waals surface area contributed by atoms with Crippen LogP contribution in [0.1, 0.15) is 50.9 Å². The Morgan fingerprint density at radius 3 is 2.14 bits per heavy atom. The highest BCUT2D eigenvalue weighted by Crippen LogP contribution is 2.23. The van der Waals surface area contributed by atoms with Crippen molar-refractivity contribution in [1.29, 1.82) is 0 Å². The number of anilines is 1. The van der Waals surface area contributed by atoms with Crippen molar-refractivity contribution in [2.24, 2.45) is 0 Å². The molecule has 0 saturated heterocycles. The number of hydrogen-bond donors (Lipinski definition) is 3. The van der Waals surface area contributed by atoms with Crippen molar-refractivity contribution >= 4 is 21.7 Å². The number of rotatable bonds is 14. The monoisotopic (exact) mass is 416 g/mol.